The summed E-state index contributed by atoms with van der Waals surface area (Å²) in [5, 5.41) is 22.6. The molecule has 2 unspecified atom stereocenters. The third-order valence-electron chi connectivity index (χ3n) is 4.46. The zero-order chi connectivity index (χ0) is 23.5. The number of esters is 1. The number of ether oxygens (including phenoxy) is 1. The fraction of sp³-hybridized carbons (Fsp3) is 0.643. The molecule has 3 N–H and O–H groups in total. The van der Waals surface area contributed by atoms with E-state index in [0.29, 0.717) is 5.06 Å². The lowest BCUT2D eigenvalue weighted by atomic mass is 10.1. The Morgan fingerprint density at radius 1 is 1.44 bits per heavy atom. The second kappa shape index (κ2) is 9.32. The average molecular weight is 494 g/mol. The van der Waals surface area contributed by atoms with Gasteiger partial charge in [0.2, 0.25) is 5.91 Å². The third-order valence-corrected chi connectivity index (χ3v) is 8.25. The molecule has 0 radical (unpaired) electrons. The number of tetrazole rings is 1. The number of nitrogens with zero attached hydrogens (tertiary/aromatic N) is 5. The minimum absolute atomic E-state index is 0.147. The second-order valence-electron chi connectivity index (χ2n) is 6.61. The summed E-state index contributed by atoms with van der Waals surface area (Å²) in [7, 11) is -3.64. The Balaban J connectivity index is 1.72. The molecule has 2 fully saturated rings. The molecule has 0 saturated carbocycles. The number of rotatable bonds is 10. The normalized spacial score (nSPS) is 25.9. The zero-order valence-corrected chi connectivity index (χ0v) is 18.3. The summed E-state index contributed by atoms with van der Waals surface area (Å²) in [4.78, 5) is 59.5. The van der Waals surface area contributed by atoms with Crippen molar-refractivity contribution in [2.75, 3.05) is 24.5 Å². The van der Waals surface area contributed by atoms with Gasteiger partial charge in [-0.25, -0.2) is 4.79 Å². The van der Waals surface area contributed by atoms with Crippen molar-refractivity contribution in [1.29, 1.82) is 0 Å². The Morgan fingerprint density at radius 3 is 2.78 bits per heavy atom. The van der Waals surface area contributed by atoms with Crippen LogP contribution in [-0.2, 0) is 33.3 Å². The minimum atomic E-state index is -3.16. The van der Waals surface area contributed by atoms with Gasteiger partial charge in [0.05, 0.1) is 17.7 Å². The smallest absolute Gasteiger partial charge is 0.372 e. The highest BCUT2D eigenvalue weighted by Gasteiger charge is 2.59. The molecule has 3 heterocycles. The second-order valence-corrected chi connectivity index (χ2v) is 10.2. The molecule has 2 amide bonds. The predicted octanol–water partition coefficient (Wildman–Crippen LogP) is -1.62. The number of carboxylic acid groups (broad SMARTS) is 1. The Morgan fingerprint density at radius 2 is 2.19 bits per heavy atom. The maximum absolute atomic E-state index is 12.7. The highest BCUT2D eigenvalue weighted by atomic mass is 32.3. The number of carboxylic acids is 1. The number of nitrogens with one attached hydrogen (secondary N) is 1. The largest absolute Gasteiger partial charge is 0.477 e. The van der Waals surface area contributed by atoms with Crippen molar-refractivity contribution < 1.29 is 47.8 Å². The number of amides is 2. The molecular formula is C14H19N6O10PS. The van der Waals surface area contributed by atoms with Crippen molar-refractivity contribution >= 4 is 42.5 Å². The summed E-state index contributed by atoms with van der Waals surface area (Å²) in [6, 6.07) is -1.31. The van der Waals surface area contributed by atoms with Crippen molar-refractivity contribution in [3.05, 3.63) is 0 Å². The molecular weight excluding hydrogens is 475 g/mol. The average Bonchev–Trinajstić information content (AvgIpc) is 3.43. The molecule has 2 aliphatic rings. The molecule has 0 bridgehead atoms. The summed E-state index contributed by atoms with van der Waals surface area (Å²) in [5.74, 6) is -4.82. The fourth-order valence-electron chi connectivity index (χ4n) is 3.06. The maximum atomic E-state index is 12.7. The number of aromatic nitrogens is 4. The molecule has 0 spiro atoms. The van der Waals surface area contributed by atoms with Gasteiger partial charge in [-0.2, -0.15) is 5.06 Å². The number of cyclic esters (lactones) is 1. The van der Waals surface area contributed by atoms with Crippen LogP contribution in [-0.4, -0.2) is 95.1 Å². The van der Waals surface area contributed by atoms with E-state index in [1.165, 1.54) is 0 Å². The first-order chi connectivity index (χ1) is 15.2. The Labute approximate surface area is 182 Å². The summed E-state index contributed by atoms with van der Waals surface area (Å²) in [6.07, 6.45) is -0.546. The van der Waals surface area contributed by atoms with Crippen LogP contribution in [0.25, 0.3) is 0 Å². The van der Waals surface area contributed by atoms with E-state index in [1.54, 1.807) is 6.92 Å². The number of hydrogen-bond acceptors (Lipinski definition) is 12. The number of carbonyl (C=O) groups excluding carboxylic acids is 3. The van der Waals surface area contributed by atoms with Crippen LogP contribution in [0.3, 0.4) is 0 Å². The van der Waals surface area contributed by atoms with E-state index < -0.39 is 66.6 Å². The highest BCUT2D eigenvalue weighted by Crippen LogP contribution is 2.52. The Hall–Kier alpha value is -2.88. The van der Waals surface area contributed by atoms with Crippen molar-refractivity contribution in [3.8, 4) is 0 Å². The van der Waals surface area contributed by atoms with Crippen LogP contribution in [0.5, 0.6) is 0 Å². The summed E-state index contributed by atoms with van der Waals surface area (Å²) in [5.41, 5.74) is -2.70. The van der Waals surface area contributed by atoms with E-state index >= 15 is 0 Å². The molecule has 3 atom stereocenters. The van der Waals surface area contributed by atoms with Crippen molar-refractivity contribution in [2.24, 2.45) is 0 Å². The van der Waals surface area contributed by atoms with Gasteiger partial charge in [0, 0.05) is 6.42 Å². The van der Waals surface area contributed by atoms with Gasteiger partial charge in [0.25, 0.3) is 11.1 Å². The predicted molar refractivity (Wildman–Crippen MR) is 101 cm³/mol. The van der Waals surface area contributed by atoms with Crippen LogP contribution in [0, 0.1) is 0 Å². The van der Waals surface area contributed by atoms with Crippen LogP contribution in [0.2, 0.25) is 0 Å². The molecule has 1 aromatic heterocycles. The summed E-state index contributed by atoms with van der Waals surface area (Å²) in [6.45, 7) is 1.36. The van der Waals surface area contributed by atoms with Gasteiger partial charge in [-0.1, -0.05) is 20.3 Å². The third kappa shape index (κ3) is 4.36. The molecule has 2 saturated heterocycles. The van der Waals surface area contributed by atoms with E-state index in [9.17, 15) is 33.4 Å². The Kier molecular flexibility index (Phi) is 6.92. The monoisotopic (exact) mass is 494 g/mol. The lowest BCUT2D eigenvalue weighted by molar-refractivity contribution is -0.256. The standard InChI is InChI=1S/C14H19N6O10PS/c1-2-28-20-13(16-17-18-20)32(27,7-31-26)6-9(21)15-8-5-29-19(11(8)23)14(12(24)25)4-3-10(22)30-14/h8,27H,2-7H2,1H3,(H,15,21)(H,24,25)/t8-,14?/m0/s1. The first-order valence-corrected chi connectivity index (χ1v) is 12.0. The van der Waals surface area contributed by atoms with Crippen LogP contribution >= 0.6 is 18.8 Å². The van der Waals surface area contributed by atoms with Crippen molar-refractivity contribution in [3.63, 3.8) is 0 Å². The quantitative estimate of drug-likeness (QED) is 0.247. The van der Waals surface area contributed by atoms with Gasteiger partial charge in [0.1, 0.15) is 19.3 Å². The zero-order valence-electron chi connectivity index (χ0n) is 16.6. The van der Waals surface area contributed by atoms with Gasteiger partial charge in [-0.15, -0.1) is 0 Å². The molecule has 16 nitrogen and oxygen atoms in total. The van der Waals surface area contributed by atoms with Crippen LogP contribution in [0.4, 0.5) is 0 Å². The molecule has 18 heteroatoms. The van der Waals surface area contributed by atoms with Crippen LogP contribution in [0.15, 0.2) is 5.16 Å². The van der Waals surface area contributed by atoms with E-state index in [4.69, 9.17) is 14.4 Å². The lowest BCUT2D eigenvalue weighted by Gasteiger charge is -2.30. The van der Waals surface area contributed by atoms with Crippen molar-refractivity contribution in [1.82, 2.24) is 30.8 Å². The van der Waals surface area contributed by atoms with Crippen LogP contribution < -0.4 is 10.2 Å². The topological polar surface area (TPSA) is 212 Å². The van der Waals surface area contributed by atoms with E-state index in [0.717, 1.165) is 4.85 Å². The molecule has 2 aliphatic heterocycles. The van der Waals surface area contributed by atoms with E-state index in [-0.39, 0.29) is 30.1 Å². The van der Waals surface area contributed by atoms with E-state index in [2.05, 4.69) is 20.8 Å². The van der Waals surface area contributed by atoms with Gasteiger partial charge in [0.15, 0.2) is 8.46 Å². The van der Waals surface area contributed by atoms with Crippen molar-refractivity contribution in [2.45, 2.75) is 36.7 Å². The maximum Gasteiger partial charge on any atom is 0.372 e. The van der Waals surface area contributed by atoms with Gasteiger partial charge >= 0.3 is 17.7 Å². The van der Waals surface area contributed by atoms with E-state index in [1.807, 2.05) is 0 Å². The summed E-state index contributed by atoms with van der Waals surface area (Å²) < 4.78 is 27.0. The summed E-state index contributed by atoms with van der Waals surface area (Å²) >= 11 is 0. The van der Waals surface area contributed by atoms with Crippen LogP contribution in [0.1, 0.15) is 19.8 Å². The number of aliphatic carboxylic acids is 1. The molecule has 3 rings (SSSR count). The lowest BCUT2D eigenvalue weighted by Crippen LogP contribution is -2.56. The molecule has 0 aliphatic carbocycles. The Bertz CT molecular complexity index is 947. The molecule has 1 aromatic rings. The highest BCUT2D eigenvalue weighted by molar-refractivity contribution is 8.31. The molecule has 32 heavy (non-hydrogen) atoms. The fourth-order valence-corrected chi connectivity index (χ4v) is 5.80. The van der Waals surface area contributed by atoms with Gasteiger partial charge in [-0.3, -0.25) is 23.8 Å². The first-order valence-electron chi connectivity index (χ1n) is 9.10. The number of hydroxylamine groups is 2. The molecule has 0 aromatic carbocycles. The SMILES string of the molecule is CCOn1nnnc1S(O)(CP=O)CC(=O)N[C@H]1CON(C2(C(=O)O)CCC(=O)O2)C1=O. The van der Waals surface area contributed by atoms with Gasteiger partial charge in [-0.05, 0) is 17.4 Å². The number of hydrogen-bond donors (Lipinski definition) is 3. The van der Waals surface area contributed by atoms with Gasteiger partial charge < -0.3 is 24.6 Å². The first kappa shape index (κ1) is 23.8. The minimum Gasteiger partial charge on any atom is -0.477 e. The number of carbonyl (C=O) groups is 4. The molecule has 176 valence electrons.